The molecule has 0 saturated heterocycles. The van der Waals surface area contributed by atoms with Gasteiger partial charge in [0.1, 0.15) is 0 Å². The number of aryl methyl sites for hydroxylation is 3. The van der Waals surface area contributed by atoms with E-state index in [2.05, 4.69) is 38.2 Å². The number of amides is 1. The molecule has 1 aromatic rings. The van der Waals surface area contributed by atoms with E-state index < -0.39 is 0 Å². The lowest BCUT2D eigenvalue weighted by molar-refractivity contribution is -0.121. The number of hydrogen-bond acceptors (Lipinski definition) is 2. The van der Waals surface area contributed by atoms with Gasteiger partial charge in [0.05, 0.1) is 0 Å². The van der Waals surface area contributed by atoms with Gasteiger partial charge in [0.15, 0.2) is 0 Å². The Morgan fingerprint density at radius 1 is 1.17 bits per heavy atom. The van der Waals surface area contributed by atoms with Crippen LogP contribution in [-0.2, 0) is 11.2 Å². The van der Waals surface area contributed by atoms with Gasteiger partial charge < -0.3 is 10.4 Å². The summed E-state index contributed by atoms with van der Waals surface area (Å²) in [4.78, 5) is 11.4. The lowest BCUT2D eigenvalue weighted by atomic mass is 9.99. The van der Waals surface area contributed by atoms with E-state index in [0.29, 0.717) is 19.4 Å². The van der Waals surface area contributed by atoms with Gasteiger partial charge in [-0.2, -0.15) is 0 Å². The van der Waals surface area contributed by atoms with Crippen LogP contribution in [-0.4, -0.2) is 24.2 Å². The maximum atomic E-state index is 11.4. The SMILES string of the molecule is Cc1cc(C)c(CCNC(=O)CCCO)cc1C. The Bertz CT molecular complexity index is 413. The summed E-state index contributed by atoms with van der Waals surface area (Å²) < 4.78 is 0. The van der Waals surface area contributed by atoms with Gasteiger partial charge in [-0.25, -0.2) is 0 Å². The number of nitrogens with one attached hydrogen (secondary N) is 1. The Morgan fingerprint density at radius 2 is 1.83 bits per heavy atom. The van der Waals surface area contributed by atoms with E-state index in [1.54, 1.807) is 0 Å². The molecule has 3 nitrogen and oxygen atoms in total. The average molecular weight is 249 g/mol. The second-order valence-electron chi connectivity index (χ2n) is 4.79. The van der Waals surface area contributed by atoms with Gasteiger partial charge in [0, 0.05) is 19.6 Å². The molecule has 0 unspecified atom stereocenters. The first-order valence-electron chi connectivity index (χ1n) is 6.49. The average Bonchev–Trinajstić information content (AvgIpc) is 2.33. The van der Waals surface area contributed by atoms with Crippen molar-refractivity contribution in [2.24, 2.45) is 0 Å². The van der Waals surface area contributed by atoms with E-state index >= 15 is 0 Å². The first-order valence-corrected chi connectivity index (χ1v) is 6.49. The minimum atomic E-state index is 0.0190. The van der Waals surface area contributed by atoms with E-state index in [0.717, 1.165) is 6.42 Å². The number of aliphatic hydroxyl groups is 1. The summed E-state index contributed by atoms with van der Waals surface area (Å²) in [5.41, 5.74) is 5.17. The van der Waals surface area contributed by atoms with Crippen molar-refractivity contribution in [3.05, 3.63) is 34.4 Å². The molecule has 0 aliphatic rings. The summed E-state index contributed by atoms with van der Waals surface area (Å²) in [5.74, 6) is 0.0190. The molecule has 100 valence electrons. The Balaban J connectivity index is 2.44. The molecule has 0 spiro atoms. The van der Waals surface area contributed by atoms with Crippen molar-refractivity contribution in [1.29, 1.82) is 0 Å². The Kier molecular flexibility index (Phi) is 5.86. The first-order chi connectivity index (χ1) is 8.54. The van der Waals surface area contributed by atoms with E-state index in [-0.39, 0.29) is 12.5 Å². The molecule has 18 heavy (non-hydrogen) atoms. The summed E-state index contributed by atoms with van der Waals surface area (Å²) in [6.45, 7) is 7.06. The van der Waals surface area contributed by atoms with E-state index in [1.165, 1.54) is 22.3 Å². The molecule has 0 fully saturated rings. The molecule has 1 aromatic carbocycles. The highest BCUT2D eigenvalue weighted by Crippen LogP contribution is 2.15. The molecule has 0 radical (unpaired) electrons. The summed E-state index contributed by atoms with van der Waals surface area (Å²) >= 11 is 0. The predicted octanol–water partition coefficient (Wildman–Crippen LogP) is 2.04. The van der Waals surface area contributed by atoms with Crippen molar-refractivity contribution in [3.8, 4) is 0 Å². The zero-order chi connectivity index (χ0) is 13.5. The van der Waals surface area contributed by atoms with Crippen molar-refractivity contribution in [2.45, 2.75) is 40.0 Å². The van der Waals surface area contributed by atoms with Gasteiger partial charge >= 0.3 is 0 Å². The number of carbonyl (C=O) groups is 1. The summed E-state index contributed by atoms with van der Waals surface area (Å²) in [6.07, 6.45) is 1.80. The molecule has 0 aliphatic heterocycles. The van der Waals surface area contributed by atoms with Crippen molar-refractivity contribution in [2.75, 3.05) is 13.2 Å². The van der Waals surface area contributed by atoms with E-state index in [4.69, 9.17) is 5.11 Å². The van der Waals surface area contributed by atoms with Crippen LogP contribution in [0.5, 0.6) is 0 Å². The number of rotatable bonds is 6. The third-order valence-corrected chi connectivity index (χ3v) is 3.23. The fraction of sp³-hybridized carbons (Fsp3) is 0.533. The quantitative estimate of drug-likeness (QED) is 0.810. The highest BCUT2D eigenvalue weighted by molar-refractivity contribution is 5.75. The van der Waals surface area contributed by atoms with Crippen LogP contribution in [0.2, 0.25) is 0 Å². The zero-order valence-electron chi connectivity index (χ0n) is 11.5. The first kappa shape index (κ1) is 14.7. The number of hydrogen-bond donors (Lipinski definition) is 2. The summed E-state index contributed by atoms with van der Waals surface area (Å²) in [7, 11) is 0. The third-order valence-electron chi connectivity index (χ3n) is 3.23. The van der Waals surface area contributed by atoms with Crippen LogP contribution in [0.3, 0.4) is 0 Å². The summed E-state index contributed by atoms with van der Waals surface area (Å²) in [6, 6.07) is 4.39. The minimum Gasteiger partial charge on any atom is -0.396 e. The van der Waals surface area contributed by atoms with Gasteiger partial charge in [-0.1, -0.05) is 12.1 Å². The van der Waals surface area contributed by atoms with E-state index in [1.807, 2.05) is 0 Å². The fourth-order valence-electron chi connectivity index (χ4n) is 1.95. The molecule has 0 heterocycles. The van der Waals surface area contributed by atoms with Crippen LogP contribution < -0.4 is 5.32 Å². The van der Waals surface area contributed by atoms with Crippen molar-refractivity contribution >= 4 is 5.91 Å². The number of carbonyl (C=O) groups excluding carboxylic acids is 1. The number of aliphatic hydroxyl groups excluding tert-OH is 1. The molecule has 1 rings (SSSR count). The lowest BCUT2D eigenvalue weighted by Gasteiger charge is -2.10. The molecular weight excluding hydrogens is 226 g/mol. The Hall–Kier alpha value is -1.35. The molecule has 0 atom stereocenters. The van der Waals surface area contributed by atoms with Gasteiger partial charge in [0.25, 0.3) is 0 Å². The predicted molar refractivity (Wildman–Crippen MR) is 73.7 cm³/mol. The zero-order valence-corrected chi connectivity index (χ0v) is 11.5. The highest BCUT2D eigenvalue weighted by Gasteiger charge is 2.03. The van der Waals surface area contributed by atoms with Gasteiger partial charge in [0.2, 0.25) is 5.91 Å². The summed E-state index contributed by atoms with van der Waals surface area (Å²) in [5, 5.41) is 11.5. The monoisotopic (exact) mass is 249 g/mol. The van der Waals surface area contributed by atoms with Crippen LogP contribution in [0.25, 0.3) is 0 Å². The molecule has 0 saturated carbocycles. The Labute approximate surface area is 109 Å². The van der Waals surface area contributed by atoms with Crippen molar-refractivity contribution in [3.63, 3.8) is 0 Å². The molecule has 0 aromatic heterocycles. The van der Waals surface area contributed by atoms with Crippen LogP contribution in [0, 0.1) is 20.8 Å². The van der Waals surface area contributed by atoms with Crippen molar-refractivity contribution < 1.29 is 9.90 Å². The Morgan fingerprint density at radius 3 is 2.50 bits per heavy atom. The topological polar surface area (TPSA) is 49.3 Å². The second-order valence-corrected chi connectivity index (χ2v) is 4.79. The molecule has 2 N–H and O–H groups in total. The standard InChI is InChI=1S/C15H23NO2/c1-11-9-13(3)14(10-12(11)2)6-7-16-15(18)5-4-8-17/h9-10,17H,4-8H2,1-3H3,(H,16,18). The van der Waals surface area contributed by atoms with Crippen LogP contribution >= 0.6 is 0 Å². The fourth-order valence-corrected chi connectivity index (χ4v) is 1.95. The molecule has 1 amide bonds. The molecular formula is C15H23NO2. The van der Waals surface area contributed by atoms with Gasteiger partial charge in [-0.05, 0) is 55.9 Å². The highest BCUT2D eigenvalue weighted by atomic mass is 16.3. The number of benzene rings is 1. The van der Waals surface area contributed by atoms with Gasteiger partial charge in [-0.3, -0.25) is 4.79 Å². The largest absolute Gasteiger partial charge is 0.396 e. The van der Waals surface area contributed by atoms with Crippen LogP contribution in [0.4, 0.5) is 0 Å². The molecule has 0 bridgehead atoms. The lowest BCUT2D eigenvalue weighted by Crippen LogP contribution is -2.25. The van der Waals surface area contributed by atoms with Crippen molar-refractivity contribution in [1.82, 2.24) is 5.32 Å². The van der Waals surface area contributed by atoms with Crippen LogP contribution in [0.15, 0.2) is 12.1 Å². The smallest absolute Gasteiger partial charge is 0.220 e. The van der Waals surface area contributed by atoms with Gasteiger partial charge in [-0.15, -0.1) is 0 Å². The maximum Gasteiger partial charge on any atom is 0.220 e. The second kappa shape index (κ2) is 7.17. The third kappa shape index (κ3) is 4.49. The normalized spacial score (nSPS) is 10.4. The van der Waals surface area contributed by atoms with Crippen LogP contribution in [0.1, 0.15) is 35.1 Å². The molecule has 0 aliphatic carbocycles. The maximum absolute atomic E-state index is 11.4. The van der Waals surface area contributed by atoms with E-state index in [9.17, 15) is 4.79 Å². The molecule has 3 heteroatoms. The minimum absolute atomic E-state index is 0.0190.